The summed E-state index contributed by atoms with van der Waals surface area (Å²) in [7, 11) is 0. The first-order valence-electron chi connectivity index (χ1n) is 8.52. The Bertz CT molecular complexity index is 699. The number of hydrogen-bond donors (Lipinski definition) is 1. The molecule has 6 heteroatoms. The van der Waals surface area contributed by atoms with Crippen LogP contribution in [0.25, 0.3) is 0 Å². The van der Waals surface area contributed by atoms with Gasteiger partial charge in [-0.15, -0.1) is 0 Å². The van der Waals surface area contributed by atoms with Crippen LogP contribution in [0.1, 0.15) is 18.5 Å². The zero-order valence-corrected chi connectivity index (χ0v) is 15.1. The number of aromatic nitrogens is 1. The van der Waals surface area contributed by atoms with E-state index in [1.807, 2.05) is 54.3 Å². The Hall–Kier alpha value is -2.11. The van der Waals surface area contributed by atoms with Crippen LogP contribution in [0, 0.1) is 5.92 Å². The Kier molecular flexibility index (Phi) is 5.56. The van der Waals surface area contributed by atoms with Crippen LogP contribution in [-0.4, -0.2) is 42.0 Å². The van der Waals surface area contributed by atoms with Crippen molar-refractivity contribution in [1.82, 2.24) is 9.88 Å². The third-order valence-corrected chi connectivity index (χ3v) is 4.96. The van der Waals surface area contributed by atoms with Gasteiger partial charge in [0.05, 0.1) is 10.9 Å². The first kappa shape index (κ1) is 17.7. The molecule has 2 aromatic rings. The summed E-state index contributed by atoms with van der Waals surface area (Å²) in [6.45, 7) is 4.78. The fraction of sp³-hybridized carbons (Fsp3) is 0.368. The molecule has 2 atom stereocenters. The van der Waals surface area contributed by atoms with Crippen molar-refractivity contribution in [3.8, 4) is 0 Å². The van der Waals surface area contributed by atoms with Gasteiger partial charge < -0.3 is 15.5 Å². The molecule has 0 bridgehead atoms. The zero-order valence-electron chi connectivity index (χ0n) is 14.3. The van der Waals surface area contributed by atoms with Crippen molar-refractivity contribution in [3.63, 3.8) is 0 Å². The molecule has 5 nitrogen and oxygen atoms in total. The van der Waals surface area contributed by atoms with Crippen LogP contribution in [-0.2, 0) is 4.79 Å². The molecule has 0 spiro atoms. The maximum Gasteiger partial charge on any atom is 0.227 e. The molecule has 2 unspecified atom stereocenters. The minimum Gasteiger partial charge on any atom is -0.353 e. The summed E-state index contributed by atoms with van der Waals surface area (Å²) in [6, 6.07) is 13.2. The van der Waals surface area contributed by atoms with Crippen LogP contribution < -0.4 is 10.6 Å². The van der Waals surface area contributed by atoms with E-state index in [0.29, 0.717) is 18.1 Å². The average molecular weight is 359 g/mol. The lowest BCUT2D eigenvalue weighted by Crippen LogP contribution is -2.51. The van der Waals surface area contributed by atoms with Gasteiger partial charge in [0.1, 0.15) is 5.82 Å². The van der Waals surface area contributed by atoms with Crippen molar-refractivity contribution < 1.29 is 4.79 Å². The smallest absolute Gasteiger partial charge is 0.227 e. The van der Waals surface area contributed by atoms with Gasteiger partial charge in [-0.25, -0.2) is 4.98 Å². The number of rotatable bonds is 4. The standard InChI is InChI=1S/C19H23ClN4O/c1-14(18(21)15-5-3-2-4-6-15)19(25)24-11-9-23(10-12-24)17-8-7-16(20)13-22-17/h2-8,13-14,18H,9-12,21H2,1H3. The molecular formula is C19H23ClN4O. The van der Waals surface area contributed by atoms with E-state index in [4.69, 9.17) is 17.3 Å². The van der Waals surface area contributed by atoms with E-state index >= 15 is 0 Å². The number of carbonyl (C=O) groups is 1. The minimum atomic E-state index is -0.287. The van der Waals surface area contributed by atoms with Crippen molar-refractivity contribution >= 4 is 23.3 Å². The molecule has 1 aromatic heterocycles. The highest BCUT2D eigenvalue weighted by Gasteiger charge is 2.29. The normalized spacial score (nSPS) is 17.2. The van der Waals surface area contributed by atoms with Crippen LogP contribution in [0.2, 0.25) is 5.02 Å². The Morgan fingerprint density at radius 1 is 1.12 bits per heavy atom. The number of hydrogen-bond acceptors (Lipinski definition) is 4. The summed E-state index contributed by atoms with van der Waals surface area (Å²) in [5.41, 5.74) is 7.29. The van der Waals surface area contributed by atoms with Crippen molar-refractivity contribution in [1.29, 1.82) is 0 Å². The number of pyridine rings is 1. The Labute approximate surface area is 153 Å². The maximum absolute atomic E-state index is 12.8. The topological polar surface area (TPSA) is 62.5 Å². The first-order valence-corrected chi connectivity index (χ1v) is 8.90. The summed E-state index contributed by atoms with van der Waals surface area (Å²) in [6.07, 6.45) is 1.65. The predicted molar refractivity (Wildman–Crippen MR) is 101 cm³/mol. The average Bonchev–Trinajstić information content (AvgIpc) is 2.67. The number of halogens is 1. The highest BCUT2D eigenvalue weighted by Crippen LogP contribution is 2.22. The number of amides is 1. The molecule has 3 rings (SSSR count). The van der Waals surface area contributed by atoms with Crippen molar-refractivity contribution in [3.05, 3.63) is 59.2 Å². The number of benzene rings is 1. The van der Waals surface area contributed by atoms with Crippen molar-refractivity contribution in [2.24, 2.45) is 11.7 Å². The van der Waals surface area contributed by atoms with E-state index in [0.717, 1.165) is 24.5 Å². The molecule has 1 aliphatic rings. The molecule has 25 heavy (non-hydrogen) atoms. The van der Waals surface area contributed by atoms with Crippen molar-refractivity contribution in [2.75, 3.05) is 31.1 Å². The molecule has 2 N–H and O–H groups in total. The van der Waals surface area contributed by atoms with Crippen LogP contribution >= 0.6 is 11.6 Å². The zero-order chi connectivity index (χ0) is 17.8. The summed E-state index contributed by atoms with van der Waals surface area (Å²) in [4.78, 5) is 21.2. The highest BCUT2D eigenvalue weighted by molar-refractivity contribution is 6.30. The highest BCUT2D eigenvalue weighted by atomic mass is 35.5. The molecular weight excluding hydrogens is 336 g/mol. The maximum atomic E-state index is 12.8. The molecule has 2 heterocycles. The quantitative estimate of drug-likeness (QED) is 0.912. The monoisotopic (exact) mass is 358 g/mol. The lowest BCUT2D eigenvalue weighted by molar-refractivity contribution is -0.136. The second kappa shape index (κ2) is 7.85. The summed E-state index contributed by atoms with van der Waals surface area (Å²) < 4.78 is 0. The molecule has 1 aromatic carbocycles. The van der Waals surface area contributed by atoms with Crippen LogP contribution in [0.3, 0.4) is 0 Å². The number of nitrogens with zero attached hydrogens (tertiary/aromatic N) is 3. The van der Waals surface area contributed by atoms with Crippen molar-refractivity contribution in [2.45, 2.75) is 13.0 Å². The lowest BCUT2D eigenvalue weighted by Gasteiger charge is -2.37. The molecule has 0 radical (unpaired) electrons. The van der Waals surface area contributed by atoms with Crippen LogP contribution in [0.15, 0.2) is 48.7 Å². The number of carbonyl (C=O) groups excluding carboxylic acids is 1. The molecule has 132 valence electrons. The Morgan fingerprint density at radius 3 is 2.40 bits per heavy atom. The SMILES string of the molecule is CC(C(=O)N1CCN(c2ccc(Cl)cn2)CC1)C(N)c1ccccc1. The molecule has 0 saturated carbocycles. The fourth-order valence-corrected chi connectivity index (χ4v) is 3.23. The van der Waals surface area contributed by atoms with Gasteiger partial charge in [-0.1, -0.05) is 48.9 Å². The summed E-state index contributed by atoms with van der Waals surface area (Å²) in [5, 5.41) is 0.626. The molecule has 1 aliphatic heterocycles. The Morgan fingerprint density at radius 2 is 1.80 bits per heavy atom. The van der Waals surface area contributed by atoms with Gasteiger partial charge in [0, 0.05) is 38.4 Å². The third kappa shape index (κ3) is 4.11. The number of nitrogens with two attached hydrogens (primary N) is 1. The fourth-order valence-electron chi connectivity index (χ4n) is 3.12. The van der Waals surface area contributed by atoms with Gasteiger partial charge >= 0.3 is 0 Å². The largest absolute Gasteiger partial charge is 0.353 e. The van der Waals surface area contributed by atoms with Crippen LogP contribution in [0.4, 0.5) is 5.82 Å². The van der Waals surface area contributed by atoms with Gasteiger partial charge in [0.2, 0.25) is 5.91 Å². The van der Waals surface area contributed by atoms with Gasteiger partial charge in [-0.2, -0.15) is 0 Å². The number of piperazine rings is 1. The van der Waals surface area contributed by atoms with Gasteiger partial charge in [-0.05, 0) is 17.7 Å². The van der Waals surface area contributed by atoms with E-state index in [1.54, 1.807) is 6.20 Å². The summed E-state index contributed by atoms with van der Waals surface area (Å²) >= 11 is 5.88. The van der Waals surface area contributed by atoms with E-state index in [1.165, 1.54) is 0 Å². The molecule has 1 fully saturated rings. The van der Waals surface area contributed by atoms with E-state index < -0.39 is 0 Å². The predicted octanol–water partition coefficient (Wildman–Crippen LogP) is 2.72. The van der Waals surface area contributed by atoms with Crippen LogP contribution in [0.5, 0.6) is 0 Å². The second-order valence-electron chi connectivity index (χ2n) is 6.37. The lowest BCUT2D eigenvalue weighted by atomic mass is 9.94. The molecule has 1 amide bonds. The molecule has 1 saturated heterocycles. The second-order valence-corrected chi connectivity index (χ2v) is 6.81. The minimum absolute atomic E-state index is 0.111. The third-order valence-electron chi connectivity index (χ3n) is 4.74. The van der Waals surface area contributed by atoms with Gasteiger partial charge in [0.15, 0.2) is 0 Å². The van der Waals surface area contributed by atoms with E-state index in [2.05, 4.69) is 9.88 Å². The van der Waals surface area contributed by atoms with Gasteiger partial charge in [0.25, 0.3) is 0 Å². The first-order chi connectivity index (χ1) is 12.1. The van der Waals surface area contributed by atoms with Gasteiger partial charge in [-0.3, -0.25) is 4.79 Å². The summed E-state index contributed by atoms with van der Waals surface area (Å²) in [5.74, 6) is 0.758. The Balaban J connectivity index is 1.58. The van der Waals surface area contributed by atoms with E-state index in [-0.39, 0.29) is 17.9 Å². The van der Waals surface area contributed by atoms with E-state index in [9.17, 15) is 4.79 Å². The number of anilines is 1. The molecule has 0 aliphatic carbocycles.